The van der Waals surface area contributed by atoms with Gasteiger partial charge in [0.05, 0.1) is 11.6 Å². The Hall–Kier alpha value is -2.43. The molecule has 1 unspecified atom stereocenters. The smallest absolute Gasteiger partial charge is 0.333 e. The summed E-state index contributed by atoms with van der Waals surface area (Å²) in [5, 5.41) is 11.7. The van der Waals surface area contributed by atoms with E-state index in [-0.39, 0.29) is 17.2 Å². The average molecular weight is 300 g/mol. The summed E-state index contributed by atoms with van der Waals surface area (Å²) in [4.78, 5) is 27.2. The van der Waals surface area contributed by atoms with Crippen molar-refractivity contribution in [2.24, 2.45) is 4.99 Å². The first-order valence-corrected chi connectivity index (χ1v) is 7.32. The molecule has 0 radical (unpaired) electrons. The topological polar surface area (TPSA) is 78.8 Å². The summed E-state index contributed by atoms with van der Waals surface area (Å²) in [6.45, 7) is 2.11. The molecule has 1 aliphatic rings. The number of benzene rings is 1. The van der Waals surface area contributed by atoms with Crippen LogP contribution in [-0.2, 0) is 9.59 Å². The zero-order chi connectivity index (χ0) is 16.1. The van der Waals surface area contributed by atoms with Gasteiger partial charge in [0.1, 0.15) is 5.71 Å². The van der Waals surface area contributed by atoms with Crippen LogP contribution in [0.1, 0.15) is 31.2 Å². The zero-order valence-electron chi connectivity index (χ0n) is 12.7. The highest BCUT2D eigenvalue weighted by Crippen LogP contribution is 2.26. The molecule has 116 valence electrons. The monoisotopic (exact) mass is 300 g/mol. The Kier molecular flexibility index (Phi) is 5.09. The van der Waals surface area contributed by atoms with E-state index in [1.807, 2.05) is 18.2 Å². The zero-order valence-corrected chi connectivity index (χ0v) is 12.7. The van der Waals surface area contributed by atoms with Gasteiger partial charge in [0.15, 0.2) is 0 Å². The first kappa shape index (κ1) is 15.9. The van der Waals surface area contributed by atoms with Crippen molar-refractivity contribution >= 4 is 17.6 Å². The molecule has 1 aromatic rings. The molecule has 0 saturated carbocycles. The molecule has 0 fully saturated rings. The molecule has 2 atom stereocenters. The van der Waals surface area contributed by atoms with E-state index in [9.17, 15) is 14.7 Å². The molecule has 5 nitrogen and oxygen atoms in total. The maximum absolute atomic E-state index is 11.6. The number of amides is 1. The fourth-order valence-electron chi connectivity index (χ4n) is 2.55. The van der Waals surface area contributed by atoms with Crippen molar-refractivity contribution < 1.29 is 14.7 Å². The van der Waals surface area contributed by atoms with E-state index in [0.717, 1.165) is 6.42 Å². The number of hydrogen-bond donors (Lipinski definition) is 2. The van der Waals surface area contributed by atoms with E-state index in [1.165, 1.54) is 18.7 Å². The normalized spacial score (nSPS) is 18.4. The lowest BCUT2D eigenvalue weighted by atomic mass is 9.92. The summed E-state index contributed by atoms with van der Waals surface area (Å²) in [5.41, 5.74) is 1.60. The number of aliphatic imine (C=N–C) groups is 1. The molecule has 0 bridgehead atoms. The van der Waals surface area contributed by atoms with Crippen LogP contribution < -0.4 is 5.32 Å². The van der Waals surface area contributed by atoms with Gasteiger partial charge in [-0.25, -0.2) is 4.79 Å². The second-order valence-corrected chi connectivity index (χ2v) is 5.40. The SMILES string of the molecule is CNC(=O)C1=NC(CC[C@@H](C)c2ccccc2)C(C(=O)O)=C1. The van der Waals surface area contributed by atoms with E-state index in [1.54, 1.807) is 0 Å². The third-order valence-corrected chi connectivity index (χ3v) is 3.89. The summed E-state index contributed by atoms with van der Waals surface area (Å²) in [7, 11) is 1.50. The molecule has 22 heavy (non-hydrogen) atoms. The van der Waals surface area contributed by atoms with E-state index in [2.05, 4.69) is 29.4 Å². The number of hydrogen-bond acceptors (Lipinski definition) is 3. The van der Waals surface area contributed by atoms with Gasteiger partial charge in [-0.2, -0.15) is 0 Å². The Morgan fingerprint density at radius 3 is 2.59 bits per heavy atom. The van der Waals surface area contributed by atoms with Crippen LogP contribution in [0.25, 0.3) is 0 Å². The Morgan fingerprint density at radius 2 is 2.00 bits per heavy atom. The highest BCUT2D eigenvalue weighted by molar-refractivity contribution is 6.44. The van der Waals surface area contributed by atoms with Gasteiger partial charge >= 0.3 is 5.97 Å². The van der Waals surface area contributed by atoms with Gasteiger partial charge in [-0.15, -0.1) is 0 Å². The lowest BCUT2D eigenvalue weighted by Gasteiger charge is -2.15. The van der Waals surface area contributed by atoms with Gasteiger partial charge < -0.3 is 10.4 Å². The van der Waals surface area contributed by atoms with Gasteiger partial charge in [0, 0.05) is 7.05 Å². The Bertz CT molecular complexity index is 620. The van der Waals surface area contributed by atoms with Crippen LogP contribution in [0.4, 0.5) is 0 Å². The maximum Gasteiger partial charge on any atom is 0.333 e. The number of nitrogens with one attached hydrogen (secondary N) is 1. The highest BCUT2D eigenvalue weighted by Gasteiger charge is 2.28. The lowest BCUT2D eigenvalue weighted by molar-refractivity contribution is -0.132. The number of carbonyl (C=O) groups is 2. The van der Waals surface area contributed by atoms with Crippen LogP contribution in [0.2, 0.25) is 0 Å². The van der Waals surface area contributed by atoms with Crippen molar-refractivity contribution in [3.8, 4) is 0 Å². The molecule has 1 heterocycles. The molecular weight excluding hydrogens is 280 g/mol. The van der Waals surface area contributed by atoms with Gasteiger partial charge in [0.25, 0.3) is 5.91 Å². The molecular formula is C17H20N2O3. The Labute approximate surface area is 129 Å². The minimum atomic E-state index is -1.01. The van der Waals surface area contributed by atoms with Crippen LogP contribution in [0.3, 0.4) is 0 Å². The van der Waals surface area contributed by atoms with Crippen molar-refractivity contribution in [1.29, 1.82) is 0 Å². The molecule has 1 amide bonds. The van der Waals surface area contributed by atoms with E-state index in [0.29, 0.717) is 12.3 Å². The third kappa shape index (κ3) is 3.61. The minimum Gasteiger partial charge on any atom is -0.478 e. The first-order chi connectivity index (χ1) is 10.5. The third-order valence-electron chi connectivity index (χ3n) is 3.89. The fourth-order valence-corrected chi connectivity index (χ4v) is 2.55. The molecule has 1 aliphatic heterocycles. The highest BCUT2D eigenvalue weighted by atomic mass is 16.4. The fraction of sp³-hybridized carbons (Fsp3) is 0.353. The van der Waals surface area contributed by atoms with Crippen LogP contribution in [0.5, 0.6) is 0 Å². The van der Waals surface area contributed by atoms with Crippen LogP contribution in [0, 0.1) is 0 Å². The molecule has 2 N–H and O–H groups in total. The number of aliphatic carboxylic acids is 1. The maximum atomic E-state index is 11.6. The largest absolute Gasteiger partial charge is 0.478 e. The Balaban J connectivity index is 2.05. The van der Waals surface area contributed by atoms with Crippen molar-refractivity contribution in [3.05, 3.63) is 47.5 Å². The van der Waals surface area contributed by atoms with Crippen LogP contribution in [0.15, 0.2) is 47.0 Å². The predicted octanol–water partition coefficient (Wildman–Crippen LogP) is 2.15. The summed E-state index contributed by atoms with van der Waals surface area (Å²) in [6.07, 6.45) is 2.79. The molecule has 5 heteroatoms. The molecule has 0 spiro atoms. The average Bonchev–Trinajstić information content (AvgIpc) is 2.97. The molecule has 0 saturated heterocycles. The van der Waals surface area contributed by atoms with E-state index >= 15 is 0 Å². The Morgan fingerprint density at radius 1 is 1.32 bits per heavy atom. The number of rotatable bonds is 6. The summed E-state index contributed by atoms with van der Waals surface area (Å²) in [5.74, 6) is -1.05. The van der Waals surface area contributed by atoms with Gasteiger partial charge in [-0.1, -0.05) is 37.3 Å². The first-order valence-electron chi connectivity index (χ1n) is 7.32. The quantitative estimate of drug-likeness (QED) is 0.845. The molecule has 2 rings (SSSR count). The van der Waals surface area contributed by atoms with E-state index < -0.39 is 12.0 Å². The van der Waals surface area contributed by atoms with Gasteiger partial charge in [-0.05, 0) is 30.4 Å². The summed E-state index contributed by atoms with van der Waals surface area (Å²) < 4.78 is 0. The summed E-state index contributed by atoms with van der Waals surface area (Å²) >= 11 is 0. The molecule has 0 aliphatic carbocycles. The number of carboxylic acids is 1. The lowest BCUT2D eigenvalue weighted by Crippen LogP contribution is -2.25. The second kappa shape index (κ2) is 7.02. The minimum absolute atomic E-state index is 0.192. The van der Waals surface area contributed by atoms with Crippen LogP contribution >= 0.6 is 0 Å². The number of nitrogens with zero attached hydrogens (tertiary/aromatic N) is 1. The van der Waals surface area contributed by atoms with Crippen molar-refractivity contribution in [3.63, 3.8) is 0 Å². The van der Waals surface area contributed by atoms with E-state index in [4.69, 9.17) is 0 Å². The number of carbonyl (C=O) groups excluding carboxylic acids is 1. The molecule has 0 aromatic heterocycles. The second-order valence-electron chi connectivity index (χ2n) is 5.40. The van der Waals surface area contributed by atoms with Crippen molar-refractivity contribution in [1.82, 2.24) is 5.32 Å². The van der Waals surface area contributed by atoms with Gasteiger partial charge in [0.2, 0.25) is 0 Å². The molecule has 1 aromatic carbocycles. The number of carboxylic acid groups (broad SMARTS) is 1. The van der Waals surface area contributed by atoms with Crippen molar-refractivity contribution in [2.75, 3.05) is 7.05 Å². The predicted molar refractivity (Wildman–Crippen MR) is 85.1 cm³/mol. The van der Waals surface area contributed by atoms with Crippen molar-refractivity contribution in [2.45, 2.75) is 31.7 Å². The van der Waals surface area contributed by atoms with Gasteiger partial charge in [-0.3, -0.25) is 9.79 Å². The van der Waals surface area contributed by atoms with Crippen LogP contribution in [-0.4, -0.2) is 35.8 Å². The standard InChI is InChI=1S/C17H20N2O3/c1-11(12-6-4-3-5-7-12)8-9-14-13(17(21)22)10-15(19-14)16(20)18-2/h3-7,10-11,14H,8-9H2,1-2H3,(H,18,20)(H,21,22)/t11-,14?/m1/s1. The summed E-state index contributed by atoms with van der Waals surface area (Å²) in [6, 6.07) is 9.63.